The predicted octanol–water partition coefficient (Wildman–Crippen LogP) is 2.56. The van der Waals surface area contributed by atoms with Gasteiger partial charge in [-0.25, -0.2) is 0 Å². The highest BCUT2D eigenvalue weighted by molar-refractivity contribution is 7.86. The normalized spacial score (nSPS) is 16.0. The van der Waals surface area contributed by atoms with Crippen molar-refractivity contribution in [2.45, 2.75) is 17.9 Å². The van der Waals surface area contributed by atoms with Gasteiger partial charge in [0.25, 0.3) is 15.8 Å². The lowest BCUT2D eigenvalue weighted by Gasteiger charge is -2.28. The highest BCUT2D eigenvalue weighted by Gasteiger charge is 2.33. The lowest BCUT2D eigenvalue weighted by atomic mass is 10.1. The lowest BCUT2D eigenvalue weighted by Crippen LogP contribution is -2.24. The van der Waals surface area contributed by atoms with Gasteiger partial charge in [-0.15, -0.1) is 0 Å². The number of aldehydes is 1. The van der Waals surface area contributed by atoms with E-state index in [-0.39, 0.29) is 34.1 Å². The Labute approximate surface area is 154 Å². The minimum atomic E-state index is -4.02. The fraction of sp³-hybridized carbons (Fsp3) is 0.235. The predicted molar refractivity (Wildman–Crippen MR) is 92.7 cm³/mol. The molecule has 0 radical (unpaired) electrons. The smallest absolute Gasteiger partial charge is 0.297 e. The molecule has 0 fully saturated rings. The molecule has 0 unspecified atom stereocenters. The Morgan fingerprint density at radius 3 is 2.67 bits per heavy atom. The molecule has 1 aliphatic heterocycles. The first-order valence-electron chi connectivity index (χ1n) is 7.75. The van der Waals surface area contributed by atoms with Crippen LogP contribution in [0.1, 0.15) is 27.6 Å². The lowest BCUT2D eigenvalue weighted by molar-refractivity contribution is -0.385. The van der Waals surface area contributed by atoms with Crippen LogP contribution < -0.4 is 9.47 Å². The molecule has 10 heteroatoms. The van der Waals surface area contributed by atoms with E-state index in [4.69, 9.17) is 9.47 Å². The fourth-order valence-electron chi connectivity index (χ4n) is 2.81. The second-order valence-corrected chi connectivity index (χ2v) is 7.46. The van der Waals surface area contributed by atoms with Crippen molar-refractivity contribution in [1.29, 1.82) is 0 Å². The maximum absolute atomic E-state index is 12.2. The first kappa shape index (κ1) is 18.8. The average molecular weight is 393 g/mol. The number of nitrogens with zero attached hydrogens (tertiary/aromatic N) is 1. The zero-order valence-corrected chi connectivity index (χ0v) is 15.2. The zero-order chi connectivity index (χ0) is 19.8. The topological polar surface area (TPSA) is 122 Å². The second kappa shape index (κ2) is 6.97. The molecule has 0 N–H and O–H groups in total. The molecule has 0 aromatic heterocycles. The molecule has 0 amide bonds. The first-order chi connectivity index (χ1) is 12.8. The molecule has 3 rings (SSSR count). The molecule has 2 aromatic carbocycles. The van der Waals surface area contributed by atoms with Crippen LogP contribution in [0.4, 0.5) is 5.69 Å². The molecular weight excluding hydrogens is 378 g/mol. The van der Waals surface area contributed by atoms with E-state index < -0.39 is 26.8 Å². The summed E-state index contributed by atoms with van der Waals surface area (Å²) in [6.07, 6.45) is -0.593. The van der Waals surface area contributed by atoms with Gasteiger partial charge in [-0.05, 0) is 19.1 Å². The average Bonchev–Trinajstić information content (AvgIpc) is 2.66. The van der Waals surface area contributed by atoms with Gasteiger partial charge in [0, 0.05) is 11.6 Å². The van der Waals surface area contributed by atoms with E-state index in [0.29, 0.717) is 6.29 Å². The molecule has 27 heavy (non-hydrogen) atoms. The Hall–Kier alpha value is -2.98. The number of benzene rings is 2. The number of rotatable bonds is 5. The van der Waals surface area contributed by atoms with Crippen LogP contribution in [0.15, 0.2) is 35.2 Å². The molecule has 0 saturated heterocycles. The Morgan fingerprint density at radius 2 is 2.04 bits per heavy atom. The van der Waals surface area contributed by atoms with Crippen molar-refractivity contribution in [3.63, 3.8) is 0 Å². The summed E-state index contributed by atoms with van der Waals surface area (Å²) in [5.41, 5.74) is 0.336. The Morgan fingerprint density at radius 1 is 1.30 bits per heavy atom. The summed E-state index contributed by atoms with van der Waals surface area (Å²) in [6, 6.07) is 7.08. The highest BCUT2D eigenvalue weighted by atomic mass is 32.2. The van der Waals surface area contributed by atoms with E-state index >= 15 is 0 Å². The third-order valence-corrected chi connectivity index (χ3v) is 5.45. The molecule has 0 bridgehead atoms. The quantitative estimate of drug-likeness (QED) is 0.329. The standard InChI is InChI=1S/C17H15NO8S/c1-10-3-6-16(27(22,23)24-2)11(7-10)15-9-25-14-5-4-13(18(20)21)12(8-19)17(14)26-15/h3-8,15H,9H2,1-2H3/t15-/m0/s1. The molecule has 142 valence electrons. The van der Waals surface area contributed by atoms with Crippen LogP contribution >= 0.6 is 0 Å². The van der Waals surface area contributed by atoms with Crippen molar-refractivity contribution in [2.75, 3.05) is 13.7 Å². The number of hydrogen-bond donors (Lipinski definition) is 0. The SMILES string of the molecule is COS(=O)(=O)c1ccc(C)cc1[C@@H]1COc2ccc([N+](=O)[O-])c(C=O)c2O1. The van der Waals surface area contributed by atoms with Crippen LogP contribution in [-0.2, 0) is 14.3 Å². The molecule has 1 heterocycles. The van der Waals surface area contributed by atoms with Crippen molar-refractivity contribution >= 4 is 22.1 Å². The number of carbonyl (C=O) groups is 1. The van der Waals surface area contributed by atoms with Crippen LogP contribution in [0.5, 0.6) is 11.5 Å². The molecule has 2 aromatic rings. The summed E-state index contributed by atoms with van der Waals surface area (Å²) in [6.45, 7) is 1.73. The molecule has 1 atom stereocenters. The Bertz CT molecular complexity index is 1030. The summed E-state index contributed by atoms with van der Waals surface area (Å²) < 4.78 is 40.4. The van der Waals surface area contributed by atoms with E-state index in [0.717, 1.165) is 18.7 Å². The van der Waals surface area contributed by atoms with Crippen molar-refractivity contribution in [3.05, 3.63) is 57.1 Å². The van der Waals surface area contributed by atoms with Crippen molar-refractivity contribution in [1.82, 2.24) is 0 Å². The van der Waals surface area contributed by atoms with E-state index in [9.17, 15) is 23.3 Å². The van der Waals surface area contributed by atoms with E-state index in [1.165, 1.54) is 12.1 Å². The fourth-order valence-corrected chi connectivity index (χ4v) is 3.70. The Kier molecular flexibility index (Phi) is 4.85. The minimum Gasteiger partial charge on any atom is -0.485 e. The first-order valence-corrected chi connectivity index (χ1v) is 9.16. The van der Waals surface area contributed by atoms with Crippen LogP contribution in [0.25, 0.3) is 0 Å². The molecule has 0 saturated carbocycles. The molecule has 9 nitrogen and oxygen atoms in total. The van der Waals surface area contributed by atoms with Gasteiger partial charge in [0.15, 0.2) is 23.9 Å². The molecular formula is C17H15NO8S. The maximum atomic E-state index is 12.2. The number of hydrogen-bond acceptors (Lipinski definition) is 8. The van der Waals surface area contributed by atoms with Crippen molar-refractivity contribution in [2.24, 2.45) is 0 Å². The second-order valence-electron chi connectivity index (χ2n) is 5.78. The summed E-state index contributed by atoms with van der Waals surface area (Å²) in [4.78, 5) is 21.7. The van der Waals surface area contributed by atoms with Crippen molar-refractivity contribution < 1.29 is 31.8 Å². The van der Waals surface area contributed by atoms with Gasteiger partial charge >= 0.3 is 0 Å². The monoisotopic (exact) mass is 393 g/mol. The van der Waals surface area contributed by atoms with E-state index in [1.807, 2.05) is 0 Å². The highest BCUT2D eigenvalue weighted by Crippen LogP contribution is 2.43. The summed E-state index contributed by atoms with van der Waals surface area (Å²) in [7, 11) is -2.98. The van der Waals surface area contributed by atoms with Crippen LogP contribution in [0.3, 0.4) is 0 Å². The van der Waals surface area contributed by atoms with Crippen LogP contribution in [0.2, 0.25) is 0 Å². The van der Waals surface area contributed by atoms with E-state index in [1.54, 1.807) is 19.1 Å². The minimum absolute atomic E-state index is 0.0429. The van der Waals surface area contributed by atoms with Gasteiger partial charge in [-0.1, -0.05) is 17.7 Å². The van der Waals surface area contributed by atoms with Crippen molar-refractivity contribution in [3.8, 4) is 11.5 Å². The third kappa shape index (κ3) is 3.36. The largest absolute Gasteiger partial charge is 0.485 e. The molecule has 0 aliphatic carbocycles. The van der Waals surface area contributed by atoms with Gasteiger partial charge in [0.1, 0.15) is 17.1 Å². The summed E-state index contributed by atoms with van der Waals surface area (Å²) in [5, 5.41) is 11.1. The molecule has 0 spiro atoms. The van der Waals surface area contributed by atoms with E-state index in [2.05, 4.69) is 4.18 Å². The number of aryl methyl sites for hydroxylation is 1. The van der Waals surface area contributed by atoms with Crippen LogP contribution in [-0.4, -0.2) is 33.3 Å². The molecule has 1 aliphatic rings. The maximum Gasteiger partial charge on any atom is 0.297 e. The Balaban J connectivity index is 2.12. The van der Waals surface area contributed by atoms with Gasteiger partial charge < -0.3 is 9.47 Å². The zero-order valence-electron chi connectivity index (χ0n) is 14.4. The number of ether oxygens (including phenoxy) is 2. The van der Waals surface area contributed by atoms with Gasteiger partial charge in [0.2, 0.25) is 0 Å². The van der Waals surface area contributed by atoms with Gasteiger partial charge in [0.05, 0.1) is 12.0 Å². The van der Waals surface area contributed by atoms with Crippen LogP contribution in [0, 0.1) is 17.0 Å². The number of fused-ring (bicyclic) bond motifs is 1. The number of nitro groups is 1. The number of nitro benzene ring substituents is 1. The van der Waals surface area contributed by atoms with Gasteiger partial charge in [-0.2, -0.15) is 8.42 Å². The number of carbonyl (C=O) groups excluding carboxylic acids is 1. The van der Waals surface area contributed by atoms with Gasteiger partial charge in [-0.3, -0.25) is 19.1 Å². The summed E-state index contributed by atoms with van der Waals surface area (Å²) >= 11 is 0. The summed E-state index contributed by atoms with van der Waals surface area (Å²) in [5.74, 6) is 0.0699. The third-order valence-electron chi connectivity index (χ3n) is 4.10.